The fourth-order valence-corrected chi connectivity index (χ4v) is 3.63. The number of rotatable bonds is 6. The van der Waals surface area contributed by atoms with Gasteiger partial charge >= 0.3 is 5.97 Å². The van der Waals surface area contributed by atoms with Crippen molar-refractivity contribution in [1.29, 1.82) is 0 Å². The fourth-order valence-electron chi connectivity index (χ4n) is 2.30. The van der Waals surface area contributed by atoms with Gasteiger partial charge in [0.1, 0.15) is 11.3 Å². The standard InChI is InChI=1S/C15H19NO4S/c1-20-12-4-2-3-11(9-12)5-6-13(17)16-15(14(18)19)7-8-21-10-15/h2-4,9H,5-8,10H2,1H3,(H,16,17)(H,18,19)/t15-/m1/s1. The average Bonchev–Trinajstić information content (AvgIpc) is 2.95. The Labute approximate surface area is 128 Å². The number of hydrogen-bond acceptors (Lipinski definition) is 4. The van der Waals surface area contributed by atoms with Crippen LogP contribution in [0.2, 0.25) is 0 Å². The number of carboxylic acids is 1. The van der Waals surface area contributed by atoms with Crippen molar-refractivity contribution in [2.24, 2.45) is 0 Å². The lowest BCUT2D eigenvalue weighted by Crippen LogP contribution is -2.54. The number of carbonyl (C=O) groups is 2. The molecule has 1 atom stereocenters. The van der Waals surface area contributed by atoms with Crippen LogP contribution in [0.3, 0.4) is 0 Å². The quantitative estimate of drug-likeness (QED) is 0.836. The molecule has 1 fully saturated rings. The summed E-state index contributed by atoms with van der Waals surface area (Å²) in [6.07, 6.45) is 1.32. The van der Waals surface area contributed by atoms with Crippen molar-refractivity contribution in [2.45, 2.75) is 24.8 Å². The first-order chi connectivity index (χ1) is 10.1. The summed E-state index contributed by atoms with van der Waals surface area (Å²) in [6.45, 7) is 0. The molecular weight excluding hydrogens is 290 g/mol. The zero-order valence-corrected chi connectivity index (χ0v) is 12.7. The molecule has 0 aliphatic carbocycles. The summed E-state index contributed by atoms with van der Waals surface area (Å²) in [6, 6.07) is 7.52. The summed E-state index contributed by atoms with van der Waals surface area (Å²) in [7, 11) is 1.60. The van der Waals surface area contributed by atoms with Crippen LogP contribution in [0.5, 0.6) is 5.75 Å². The molecule has 1 aliphatic heterocycles. The van der Waals surface area contributed by atoms with Gasteiger partial charge in [0.2, 0.25) is 5.91 Å². The van der Waals surface area contributed by atoms with Gasteiger partial charge in [0.25, 0.3) is 0 Å². The average molecular weight is 309 g/mol. The number of thioether (sulfide) groups is 1. The molecule has 2 rings (SSSR count). The van der Waals surface area contributed by atoms with E-state index in [1.807, 2.05) is 24.3 Å². The van der Waals surface area contributed by atoms with E-state index in [1.165, 1.54) is 0 Å². The highest BCUT2D eigenvalue weighted by Gasteiger charge is 2.43. The van der Waals surface area contributed by atoms with Gasteiger partial charge in [-0.3, -0.25) is 4.79 Å². The van der Waals surface area contributed by atoms with Gasteiger partial charge in [-0.2, -0.15) is 11.8 Å². The molecule has 0 unspecified atom stereocenters. The predicted octanol–water partition coefficient (Wildman–Crippen LogP) is 1.70. The number of amides is 1. The summed E-state index contributed by atoms with van der Waals surface area (Å²) >= 11 is 1.56. The molecule has 0 spiro atoms. The summed E-state index contributed by atoms with van der Waals surface area (Å²) in [5.74, 6) is 0.794. The minimum Gasteiger partial charge on any atom is -0.497 e. The number of aliphatic carboxylic acids is 1. The van der Waals surface area contributed by atoms with Gasteiger partial charge in [0.15, 0.2) is 0 Å². The van der Waals surface area contributed by atoms with E-state index in [1.54, 1.807) is 18.9 Å². The molecule has 1 amide bonds. The lowest BCUT2D eigenvalue weighted by Gasteiger charge is -2.24. The van der Waals surface area contributed by atoms with Gasteiger partial charge in [0, 0.05) is 12.2 Å². The minimum absolute atomic E-state index is 0.220. The van der Waals surface area contributed by atoms with E-state index in [0.717, 1.165) is 17.1 Å². The van der Waals surface area contributed by atoms with Crippen LogP contribution in [0.15, 0.2) is 24.3 Å². The monoisotopic (exact) mass is 309 g/mol. The van der Waals surface area contributed by atoms with E-state index in [0.29, 0.717) is 18.6 Å². The molecule has 114 valence electrons. The van der Waals surface area contributed by atoms with E-state index in [2.05, 4.69) is 5.32 Å². The van der Waals surface area contributed by atoms with Gasteiger partial charge in [0.05, 0.1) is 7.11 Å². The van der Waals surface area contributed by atoms with Gasteiger partial charge in [-0.05, 0) is 36.3 Å². The summed E-state index contributed by atoms with van der Waals surface area (Å²) in [5.41, 5.74) is -0.0921. The minimum atomic E-state index is -1.09. The molecular formula is C15H19NO4S. The highest BCUT2D eigenvalue weighted by Crippen LogP contribution is 2.28. The molecule has 0 radical (unpaired) electrons. The first-order valence-electron chi connectivity index (χ1n) is 6.81. The number of carboxylic acid groups (broad SMARTS) is 1. The highest BCUT2D eigenvalue weighted by atomic mass is 32.2. The summed E-state index contributed by atoms with van der Waals surface area (Å²) in [4.78, 5) is 23.4. The number of ether oxygens (including phenoxy) is 1. The first-order valence-corrected chi connectivity index (χ1v) is 7.96. The van der Waals surface area contributed by atoms with E-state index >= 15 is 0 Å². The zero-order valence-electron chi connectivity index (χ0n) is 11.9. The lowest BCUT2D eigenvalue weighted by molar-refractivity contribution is -0.146. The number of aryl methyl sites for hydroxylation is 1. The van der Waals surface area contributed by atoms with E-state index in [-0.39, 0.29) is 12.3 Å². The van der Waals surface area contributed by atoms with Gasteiger partial charge in [-0.1, -0.05) is 12.1 Å². The second-order valence-corrected chi connectivity index (χ2v) is 6.19. The zero-order chi connectivity index (χ0) is 15.3. The van der Waals surface area contributed by atoms with Gasteiger partial charge in [-0.15, -0.1) is 0 Å². The SMILES string of the molecule is COc1cccc(CCC(=O)N[C@]2(C(=O)O)CCSC2)c1. The van der Waals surface area contributed by atoms with Crippen molar-refractivity contribution < 1.29 is 19.4 Å². The van der Waals surface area contributed by atoms with Crippen LogP contribution in [0, 0.1) is 0 Å². The Hall–Kier alpha value is -1.69. The lowest BCUT2D eigenvalue weighted by atomic mass is 9.98. The predicted molar refractivity (Wildman–Crippen MR) is 81.8 cm³/mol. The molecule has 0 saturated carbocycles. The molecule has 21 heavy (non-hydrogen) atoms. The number of hydrogen-bond donors (Lipinski definition) is 2. The van der Waals surface area contributed by atoms with Crippen LogP contribution in [0.1, 0.15) is 18.4 Å². The second kappa shape index (κ2) is 6.85. The Balaban J connectivity index is 1.91. The molecule has 5 nitrogen and oxygen atoms in total. The topological polar surface area (TPSA) is 75.6 Å². The van der Waals surface area contributed by atoms with Crippen LogP contribution in [-0.2, 0) is 16.0 Å². The molecule has 0 bridgehead atoms. The van der Waals surface area contributed by atoms with Crippen LogP contribution in [0.4, 0.5) is 0 Å². The molecule has 1 aromatic carbocycles. The third-order valence-corrected chi connectivity index (χ3v) is 4.77. The number of carbonyl (C=O) groups excluding carboxylic acids is 1. The highest BCUT2D eigenvalue weighted by molar-refractivity contribution is 7.99. The molecule has 6 heteroatoms. The molecule has 1 aromatic rings. The summed E-state index contributed by atoms with van der Waals surface area (Å²) in [5, 5.41) is 12.0. The van der Waals surface area contributed by atoms with Crippen molar-refractivity contribution in [1.82, 2.24) is 5.32 Å². The van der Waals surface area contributed by atoms with E-state index < -0.39 is 11.5 Å². The maximum Gasteiger partial charge on any atom is 0.330 e. The Morgan fingerprint density at radius 3 is 2.90 bits per heavy atom. The third kappa shape index (κ3) is 3.91. The van der Waals surface area contributed by atoms with Crippen LogP contribution in [-0.4, -0.2) is 41.1 Å². The van der Waals surface area contributed by atoms with Crippen molar-refractivity contribution >= 4 is 23.6 Å². The number of benzene rings is 1. The Kier molecular flexibility index (Phi) is 5.12. The maximum absolute atomic E-state index is 12.0. The van der Waals surface area contributed by atoms with Gasteiger partial charge in [-0.25, -0.2) is 4.79 Å². The van der Waals surface area contributed by atoms with E-state index in [9.17, 15) is 14.7 Å². The number of nitrogens with one attached hydrogen (secondary N) is 1. The maximum atomic E-state index is 12.0. The summed E-state index contributed by atoms with van der Waals surface area (Å²) < 4.78 is 5.14. The molecule has 1 heterocycles. The van der Waals surface area contributed by atoms with Crippen molar-refractivity contribution in [3.8, 4) is 5.75 Å². The Morgan fingerprint density at radius 1 is 1.48 bits per heavy atom. The van der Waals surface area contributed by atoms with E-state index in [4.69, 9.17) is 4.74 Å². The Bertz CT molecular complexity index is 526. The van der Waals surface area contributed by atoms with Gasteiger partial charge < -0.3 is 15.2 Å². The largest absolute Gasteiger partial charge is 0.497 e. The molecule has 1 aliphatic rings. The van der Waals surface area contributed by atoms with Crippen LogP contribution < -0.4 is 10.1 Å². The van der Waals surface area contributed by atoms with Crippen LogP contribution >= 0.6 is 11.8 Å². The normalized spacial score (nSPS) is 21.0. The first kappa shape index (κ1) is 15.7. The number of methoxy groups -OCH3 is 1. The fraction of sp³-hybridized carbons (Fsp3) is 0.467. The van der Waals surface area contributed by atoms with Crippen LogP contribution in [0.25, 0.3) is 0 Å². The second-order valence-electron chi connectivity index (χ2n) is 5.09. The smallest absolute Gasteiger partial charge is 0.330 e. The Morgan fingerprint density at radius 2 is 2.29 bits per heavy atom. The third-order valence-electron chi connectivity index (χ3n) is 3.58. The van der Waals surface area contributed by atoms with Crippen molar-refractivity contribution in [3.63, 3.8) is 0 Å². The molecule has 2 N–H and O–H groups in total. The van der Waals surface area contributed by atoms with Crippen molar-refractivity contribution in [3.05, 3.63) is 29.8 Å². The molecule has 1 saturated heterocycles. The molecule has 0 aromatic heterocycles. The van der Waals surface area contributed by atoms with Crippen molar-refractivity contribution in [2.75, 3.05) is 18.6 Å².